The molecule has 1 heterocycles. The number of fused-ring (bicyclic) bond motifs is 1. The van der Waals surface area contributed by atoms with Crippen LogP contribution in [0.3, 0.4) is 0 Å². The molecule has 2 aromatic rings. The summed E-state index contributed by atoms with van der Waals surface area (Å²) < 4.78 is 5.55. The maximum absolute atomic E-state index is 11.7. The zero-order chi connectivity index (χ0) is 19.8. The highest BCUT2D eigenvalue weighted by Gasteiger charge is 2.11. The number of hydrogen-bond donors (Lipinski definition) is 3. The molecule has 0 unspecified atom stereocenters. The van der Waals surface area contributed by atoms with Crippen LogP contribution in [0.25, 0.3) is 0 Å². The lowest BCUT2D eigenvalue weighted by Gasteiger charge is -2.12. The maximum Gasteiger partial charge on any atom is 0.251 e. The largest absolute Gasteiger partial charge is 0.493 e. The number of carbonyl (C=O) groups excluding carboxylic acids is 1. The van der Waals surface area contributed by atoms with Gasteiger partial charge in [-0.3, -0.25) is 9.79 Å². The van der Waals surface area contributed by atoms with E-state index in [1.807, 2.05) is 24.3 Å². The number of nitrogens with one attached hydrogen (secondary N) is 3. The summed E-state index contributed by atoms with van der Waals surface area (Å²) in [4.78, 5) is 16.0. The Kier molecular flexibility index (Phi) is 6.89. The zero-order valence-corrected chi connectivity index (χ0v) is 16.5. The van der Waals surface area contributed by atoms with E-state index in [9.17, 15) is 4.79 Å². The molecule has 1 amide bonds. The lowest BCUT2D eigenvalue weighted by Crippen LogP contribution is -2.39. The van der Waals surface area contributed by atoms with Crippen LogP contribution < -0.4 is 20.7 Å². The molecule has 0 atom stereocenters. The van der Waals surface area contributed by atoms with E-state index < -0.39 is 0 Å². The van der Waals surface area contributed by atoms with Gasteiger partial charge in [0.05, 0.1) is 6.61 Å². The van der Waals surface area contributed by atoms with E-state index in [-0.39, 0.29) is 5.91 Å². The molecule has 3 N–H and O–H groups in total. The van der Waals surface area contributed by atoms with Crippen LogP contribution in [0.1, 0.15) is 27.0 Å². The Bertz CT molecular complexity index is 848. The minimum atomic E-state index is -0.0644. The second-order valence-electron chi connectivity index (χ2n) is 6.75. The van der Waals surface area contributed by atoms with Gasteiger partial charge in [0.2, 0.25) is 0 Å². The molecule has 0 saturated carbocycles. The molecular weight excluding hydrogens is 352 g/mol. The minimum absolute atomic E-state index is 0.0644. The highest BCUT2D eigenvalue weighted by atomic mass is 16.5. The summed E-state index contributed by atoms with van der Waals surface area (Å²) in [5, 5.41) is 9.33. The average Bonchev–Trinajstić information content (AvgIpc) is 3.20. The monoisotopic (exact) mass is 380 g/mol. The summed E-state index contributed by atoms with van der Waals surface area (Å²) in [6.45, 7) is 2.35. The third-order valence-electron chi connectivity index (χ3n) is 4.81. The number of amides is 1. The van der Waals surface area contributed by atoms with Gasteiger partial charge in [-0.25, -0.2) is 0 Å². The maximum atomic E-state index is 11.7. The molecule has 6 heteroatoms. The van der Waals surface area contributed by atoms with Crippen molar-refractivity contribution in [2.45, 2.75) is 19.3 Å². The van der Waals surface area contributed by atoms with Crippen molar-refractivity contribution in [1.29, 1.82) is 0 Å². The fourth-order valence-electron chi connectivity index (χ4n) is 3.28. The lowest BCUT2D eigenvalue weighted by atomic mass is 10.1. The Morgan fingerprint density at radius 1 is 1.07 bits per heavy atom. The fraction of sp³-hybridized carbons (Fsp3) is 0.364. The zero-order valence-electron chi connectivity index (χ0n) is 16.5. The van der Waals surface area contributed by atoms with Crippen LogP contribution in [-0.2, 0) is 19.3 Å². The molecule has 0 aromatic heterocycles. The van der Waals surface area contributed by atoms with Crippen molar-refractivity contribution >= 4 is 11.9 Å². The fourth-order valence-corrected chi connectivity index (χ4v) is 3.28. The standard InChI is InChI=1S/C22H28N4O2/c1-23-21(27)19-5-3-4-16(15-19)8-11-25-22(24-2)26-12-9-17-6-7-20-18(14-17)10-13-28-20/h3-7,14-15H,8-13H2,1-2H3,(H,23,27)(H2,24,25,26). The number of guanidine groups is 1. The second kappa shape index (κ2) is 9.78. The van der Waals surface area contributed by atoms with Gasteiger partial charge in [-0.2, -0.15) is 0 Å². The summed E-state index contributed by atoms with van der Waals surface area (Å²) in [6.07, 6.45) is 2.75. The van der Waals surface area contributed by atoms with Gasteiger partial charge in [0, 0.05) is 39.2 Å². The quantitative estimate of drug-likeness (QED) is 0.507. The van der Waals surface area contributed by atoms with E-state index >= 15 is 0 Å². The van der Waals surface area contributed by atoms with Crippen LogP contribution in [0.4, 0.5) is 0 Å². The molecule has 6 nitrogen and oxygen atoms in total. The number of nitrogens with zero attached hydrogens (tertiary/aromatic N) is 1. The van der Waals surface area contributed by atoms with Gasteiger partial charge >= 0.3 is 0 Å². The lowest BCUT2D eigenvalue weighted by molar-refractivity contribution is 0.0963. The van der Waals surface area contributed by atoms with Crippen molar-refractivity contribution in [3.8, 4) is 5.75 Å². The van der Waals surface area contributed by atoms with E-state index in [1.54, 1.807) is 14.1 Å². The molecule has 3 rings (SSSR count). The van der Waals surface area contributed by atoms with Crippen LogP contribution in [0, 0.1) is 0 Å². The van der Waals surface area contributed by atoms with Crippen molar-refractivity contribution in [2.24, 2.45) is 4.99 Å². The van der Waals surface area contributed by atoms with Crippen molar-refractivity contribution in [3.05, 3.63) is 64.7 Å². The Hall–Kier alpha value is -3.02. The van der Waals surface area contributed by atoms with Crippen LogP contribution in [-0.4, -0.2) is 45.7 Å². The molecular formula is C22H28N4O2. The first-order valence-corrected chi connectivity index (χ1v) is 9.69. The predicted octanol–water partition coefficient (Wildman–Crippen LogP) is 1.93. The van der Waals surface area contributed by atoms with E-state index in [0.29, 0.717) is 5.56 Å². The van der Waals surface area contributed by atoms with E-state index in [2.05, 4.69) is 39.1 Å². The van der Waals surface area contributed by atoms with Gasteiger partial charge in [-0.05, 0) is 47.7 Å². The summed E-state index contributed by atoms with van der Waals surface area (Å²) in [6, 6.07) is 14.1. The van der Waals surface area contributed by atoms with Crippen LogP contribution in [0.2, 0.25) is 0 Å². The van der Waals surface area contributed by atoms with E-state index in [4.69, 9.17) is 4.74 Å². The Morgan fingerprint density at radius 2 is 1.82 bits per heavy atom. The van der Waals surface area contributed by atoms with Crippen molar-refractivity contribution < 1.29 is 9.53 Å². The van der Waals surface area contributed by atoms with Gasteiger partial charge in [0.25, 0.3) is 5.91 Å². The van der Waals surface area contributed by atoms with Gasteiger partial charge in [0.15, 0.2) is 5.96 Å². The predicted molar refractivity (Wildman–Crippen MR) is 112 cm³/mol. The molecule has 0 radical (unpaired) electrons. The van der Waals surface area contributed by atoms with Crippen LogP contribution >= 0.6 is 0 Å². The van der Waals surface area contributed by atoms with Gasteiger partial charge < -0.3 is 20.7 Å². The topological polar surface area (TPSA) is 74.8 Å². The number of benzene rings is 2. The second-order valence-corrected chi connectivity index (χ2v) is 6.75. The molecule has 1 aliphatic heterocycles. The normalized spacial score (nSPS) is 12.9. The third-order valence-corrected chi connectivity index (χ3v) is 4.81. The molecule has 0 saturated heterocycles. The summed E-state index contributed by atoms with van der Waals surface area (Å²) >= 11 is 0. The smallest absolute Gasteiger partial charge is 0.251 e. The average molecular weight is 380 g/mol. The molecule has 28 heavy (non-hydrogen) atoms. The van der Waals surface area contributed by atoms with Gasteiger partial charge in [0.1, 0.15) is 5.75 Å². The molecule has 0 aliphatic carbocycles. The molecule has 0 bridgehead atoms. The first-order chi connectivity index (χ1) is 13.7. The van der Waals surface area contributed by atoms with E-state index in [1.165, 1.54) is 11.1 Å². The Balaban J connectivity index is 1.42. The highest BCUT2D eigenvalue weighted by molar-refractivity contribution is 5.94. The van der Waals surface area contributed by atoms with Crippen LogP contribution in [0.15, 0.2) is 47.5 Å². The van der Waals surface area contributed by atoms with Gasteiger partial charge in [-0.15, -0.1) is 0 Å². The first kappa shape index (κ1) is 19.7. The molecule has 148 valence electrons. The first-order valence-electron chi connectivity index (χ1n) is 9.69. The van der Waals surface area contributed by atoms with Crippen molar-refractivity contribution in [1.82, 2.24) is 16.0 Å². The number of hydrogen-bond acceptors (Lipinski definition) is 3. The van der Waals surface area contributed by atoms with Crippen molar-refractivity contribution in [2.75, 3.05) is 33.8 Å². The molecule has 0 fully saturated rings. The van der Waals surface area contributed by atoms with Crippen molar-refractivity contribution in [3.63, 3.8) is 0 Å². The van der Waals surface area contributed by atoms with Crippen LogP contribution in [0.5, 0.6) is 5.75 Å². The number of ether oxygens (including phenoxy) is 1. The Morgan fingerprint density at radius 3 is 2.54 bits per heavy atom. The summed E-state index contributed by atoms with van der Waals surface area (Å²) in [5.74, 6) is 1.74. The van der Waals surface area contributed by atoms with E-state index in [0.717, 1.165) is 56.2 Å². The SMILES string of the molecule is CN=C(NCCc1cccc(C(=O)NC)c1)NCCc1ccc2c(c1)CCO2. The summed E-state index contributed by atoms with van der Waals surface area (Å²) in [5.41, 5.74) is 4.41. The molecule has 0 spiro atoms. The number of carbonyl (C=O) groups is 1. The minimum Gasteiger partial charge on any atom is -0.493 e. The Labute approximate surface area is 166 Å². The number of aliphatic imine (C=N–C) groups is 1. The molecule has 1 aliphatic rings. The third kappa shape index (κ3) is 5.25. The van der Waals surface area contributed by atoms with Gasteiger partial charge in [-0.1, -0.05) is 24.3 Å². The molecule has 2 aromatic carbocycles. The highest BCUT2D eigenvalue weighted by Crippen LogP contribution is 2.25. The summed E-state index contributed by atoms with van der Waals surface area (Å²) in [7, 11) is 3.41. The number of rotatable bonds is 7.